The van der Waals surface area contributed by atoms with Crippen LogP contribution >= 0.6 is 0 Å². The van der Waals surface area contributed by atoms with Gasteiger partial charge in [-0.1, -0.05) is 0 Å². The van der Waals surface area contributed by atoms with Crippen LogP contribution in [0.15, 0.2) is 42.6 Å². The summed E-state index contributed by atoms with van der Waals surface area (Å²) in [5, 5.41) is 11.7. The number of hydrogen-bond acceptors (Lipinski definition) is 4. The molecule has 0 saturated carbocycles. The molecule has 0 atom stereocenters. The first-order valence-corrected chi connectivity index (χ1v) is 5.42. The summed E-state index contributed by atoms with van der Waals surface area (Å²) in [6, 6.07) is 9.21. The van der Waals surface area contributed by atoms with Gasteiger partial charge in [-0.25, -0.2) is 9.78 Å². The zero-order valence-electron chi connectivity index (χ0n) is 9.83. The number of anilines is 2. The molecule has 1 heterocycles. The lowest BCUT2D eigenvalue weighted by molar-refractivity contribution is 0.0696. The van der Waals surface area contributed by atoms with Gasteiger partial charge in [0.05, 0.1) is 5.56 Å². The van der Waals surface area contributed by atoms with Crippen LogP contribution in [0.4, 0.5) is 11.5 Å². The van der Waals surface area contributed by atoms with Crippen LogP contribution in [0.3, 0.4) is 0 Å². The van der Waals surface area contributed by atoms with Crippen molar-refractivity contribution in [2.75, 3.05) is 5.32 Å². The zero-order valence-corrected chi connectivity index (χ0v) is 9.83. The van der Waals surface area contributed by atoms with E-state index in [-0.39, 0.29) is 5.56 Å². The summed E-state index contributed by atoms with van der Waals surface area (Å²) in [5.74, 6) is -1.06. The summed E-state index contributed by atoms with van der Waals surface area (Å²) in [6.07, 6.45) is 1.47. The summed E-state index contributed by atoms with van der Waals surface area (Å²) in [7, 11) is 0. The second-order valence-corrected chi connectivity index (χ2v) is 3.80. The zero-order chi connectivity index (χ0) is 13.8. The highest BCUT2D eigenvalue weighted by atomic mass is 16.4. The Balaban J connectivity index is 2.19. The van der Waals surface area contributed by atoms with Crippen LogP contribution in [0.5, 0.6) is 0 Å². The summed E-state index contributed by atoms with van der Waals surface area (Å²) >= 11 is 0. The van der Waals surface area contributed by atoms with Crippen LogP contribution in [0.1, 0.15) is 20.7 Å². The normalized spacial score (nSPS) is 9.89. The fourth-order valence-corrected chi connectivity index (χ4v) is 1.50. The van der Waals surface area contributed by atoms with Gasteiger partial charge in [-0.05, 0) is 36.4 Å². The van der Waals surface area contributed by atoms with Gasteiger partial charge in [0, 0.05) is 17.4 Å². The Morgan fingerprint density at radius 3 is 2.37 bits per heavy atom. The molecule has 0 fully saturated rings. The standard InChI is InChI=1S/C13H11N3O3/c14-12(17)9-5-6-15-11(7-9)16-10-3-1-8(2-4-10)13(18)19/h1-7H,(H2,14,17)(H,15,16)(H,18,19). The van der Waals surface area contributed by atoms with Gasteiger partial charge in [-0.15, -0.1) is 0 Å². The minimum Gasteiger partial charge on any atom is -0.478 e. The number of hydrogen-bond donors (Lipinski definition) is 3. The third-order valence-corrected chi connectivity index (χ3v) is 2.45. The number of carboxylic acids is 1. The Bertz CT molecular complexity index is 623. The van der Waals surface area contributed by atoms with E-state index in [1.54, 1.807) is 12.1 Å². The minimum atomic E-state index is -0.986. The average Bonchev–Trinajstić information content (AvgIpc) is 2.39. The first kappa shape index (κ1) is 12.6. The maximum Gasteiger partial charge on any atom is 0.335 e. The van der Waals surface area contributed by atoms with Crippen molar-refractivity contribution < 1.29 is 14.7 Å². The third-order valence-electron chi connectivity index (χ3n) is 2.45. The van der Waals surface area contributed by atoms with E-state index in [2.05, 4.69) is 10.3 Å². The molecular formula is C13H11N3O3. The Hall–Kier alpha value is -2.89. The summed E-state index contributed by atoms with van der Waals surface area (Å²) in [5.41, 5.74) is 6.38. The van der Waals surface area contributed by atoms with Gasteiger partial charge in [0.15, 0.2) is 0 Å². The van der Waals surface area contributed by atoms with E-state index in [4.69, 9.17) is 10.8 Å². The van der Waals surface area contributed by atoms with Crippen molar-refractivity contribution in [1.29, 1.82) is 0 Å². The van der Waals surface area contributed by atoms with Crippen molar-refractivity contribution >= 4 is 23.4 Å². The number of rotatable bonds is 4. The lowest BCUT2D eigenvalue weighted by Crippen LogP contribution is -2.11. The monoisotopic (exact) mass is 257 g/mol. The predicted molar refractivity (Wildman–Crippen MR) is 69.4 cm³/mol. The highest BCUT2D eigenvalue weighted by molar-refractivity contribution is 5.93. The molecule has 6 nitrogen and oxygen atoms in total. The van der Waals surface area contributed by atoms with E-state index in [0.717, 1.165) is 0 Å². The molecule has 19 heavy (non-hydrogen) atoms. The number of primary amides is 1. The lowest BCUT2D eigenvalue weighted by atomic mass is 10.2. The Labute approximate surface area is 108 Å². The topological polar surface area (TPSA) is 105 Å². The van der Waals surface area contributed by atoms with Crippen molar-refractivity contribution in [3.8, 4) is 0 Å². The van der Waals surface area contributed by atoms with Crippen LogP contribution in [0, 0.1) is 0 Å². The van der Waals surface area contributed by atoms with Crippen LogP contribution in [0.2, 0.25) is 0 Å². The van der Waals surface area contributed by atoms with Gasteiger partial charge in [0.1, 0.15) is 5.82 Å². The summed E-state index contributed by atoms with van der Waals surface area (Å²) in [6.45, 7) is 0. The molecule has 4 N–H and O–H groups in total. The minimum absolute atomic E-state index is 0.199. The van der Waals surface area contributed by atoms with E-state index in [1.807, 2.05) is 0 Å². The van der Waals surface area contributed by atoms with Crippen molar-refractivity contribution in [1.82, 2.24) is 4.98 Å². The number of nitrogens with zero attached hydrogens (tertiary/aromatic N) is 1. The molecule has 0 aliphatic heterocycles. The van der Waals surface area contributed by atoms with Crippen molar-refractivity contribution in [3.05, 3.63) is 53.7 Å². The van der Waals surface area contributed by atoms with E-state index < -0.39 is 11.9 Å². The molecule has 0 aliphatic carbocycles. The summed E-state index contributed by atoms with van der Waals surface area (Å²) < 4.78 is 0. The van der Waals surface area contributed by atoms with E-state index in [1.165, 1.54) is 30.5 Å². The highest BCUT2D eigenvalue weighted by Crippen LogP contribution is 2.16. The highest BCUT2D eigenvalue weighted by Gasteiger charge is 2.04. The smallest absolute Gasteiger partial charge is 0.335 e. The number of aromatic carboxylic acids is 1. The summed E-state index contributed by atoms with van der Waals surface area (Å²) in [4.78, 5) is 25.8. The number of amides is 1. The Morgan fingerprint density at radius 2 is 1.79 bits per heavy atom. The number of carbonyl (C=O) groups excluding carboxylic acids is 1. The fourth-order valence-electron chi connectivity index (χ4n) is 1.50. The molecule has 96 valence electrons. The van der Waals surface area contributed by atoms with Crippen LogP contribution < -0.4 is 11.1 Å². The van der Waals surface area contributed by atoms with Gasteiger partial charge in [-0.2, -0.15) is 0 Å². The second-order valence-electron chi connectivity index (χ2n) is 3.80. The molecule has 1 amide bonds. The molecule has 2 rings (SSSR count). The molecule has 1 aromatic heterocycles. The molecule has 0 unspecified atom stereocenters. The molecule has 0 saturated heterocycles. The van der Waals surface area contributed by atoms with Crippen LogP contribution in [-0.4, -0.2) is 22.0 Å². The molecule has 0 bridgehead atoms. The number of benzene rings is 1. The number of pyridine rings is 1. The maximum atomic E-state index is 11.0. The van der Waals surface area contributed by atoms with E-state index in [9.17, 15) is 9.59 Å². The predicted octanol–water partition coefficient (Wildman–Crippen LogP) is 1.62. The lowest BCUT2D eigenvalue weighted by Gasteiger charge is -2.06. The molecule has 0 radical (unpaired) electrons. The van der Waals surface area contributed by atoms with Crippen molar-refractivity contribution in [3.63, 3.8) is 0 Å². The number of nitrogens with one attached hydrogen (secondary N) is 1. The first-order valence-electron chi connectivity index (χ1n) is 5.42. The average molecular weight is 257 g/mol. The van der Waals surface area contributed by atoms with Crippen molar-refractivity contribution in [2.45, 2.75) is 0 Å². The molecule has 1 aromatic carbocycles. The van der Waals surface area contributed by atoms with Gasteiger partial charge < -0.3 is 16.2 Å². The van der Waals surface area contributed by atoms with E-state index in [0.29, 0.717) is 17.1 Å². The molecule has 0 spiro atoms. The second kappa shape index (κ2) is 5.18. The maximum absolute atomic E-state index is 11.0. The molecule has 0 aliphatic rings. The largest absolute Gasteiger partial charge is 0.478 e. The van der Waals surface area contributed by atoms with Crippen LogP contribution in [-0.2, 0) is 0 Å². The van der Waals surface area contributed by atoms with E-state index >= 15 is 0 Å². The quantitative estimate of drug-likeness (QED) is 0.771. The van der Waals surface area contributed by atoms with Crippen molar-refractivity contribution in [2.24, 2.45) is 5.73 Å². The number of carboxylic acid groups (broad SMARTS) is 1. The number of nitrogens with two attached hydrogens (primary N) is 1. The van der Waals surface area contributed by atoms with Gasteiger partial charge >= 0.3 is 5.97 Å². The fraction of sp³-hybridized carbons (Fsp3) is 0. The van der Waals surface area contributed by atoms with Crippen LogP contribution in [0.25, 0.3) is 0 Å². The van der Waals surface area contributed by atoms with Gasteiger partial charge in [0.2, 0.25) is 5.91 Å². The molecular weight excluding hydrogens is 246 g/mol. The van der Waals surface area contributed by atoms with Gasteiger partial charge in [0.25, 0.3) is 0 Å². The SMILES string of the molecule is NC(=O)c1ccnc(Nc2ccc(C(=O)O)cc2)c1. The third kappa shape index (κ3) is 3.06. The molecule has 6 heteroatoms. The van der Waals surface area contributed by atoms with Gasteiger partial charge in [-0.3, -0.25) is 4.79 Å². The Morgan fingerprint density at radius 1 is 1.11 bits per heavy atom. The molecule has 2 aromatic rings. The Kier molecular flexibility index (Phi) is 3.42. The first-order chi connectivity index (χ1) is 9.06. The number of carbonyl (C=O) groups is 2. The number of aromatic nitrogens is 1.